The number of rotatable bonds is 1. The Morgan fingerprint density at radius 3 is 2.56 bits per heavy atom. The highest BCUT2D eigenvalue weighted by Gasteiger charge is 2.11. The topological polar surface area (TPSA) is 17.3 Å². The molecule has 2 aromatic heterocycles. The van der Waals surface area contributed by atoms with E-state index in [0.717, 1.165) is 22.5 Å². The van der Waals surface area contributed by atoms with Gasteiger partial charge in [-0.3, -0.25) is 4.40 Å². The summed E-state index contributed by atoms with van der Waals surface area (Å²) in [6, 6.07) is 10.1. The Balaban J connectivity index is 2.28. The maximum atomic E-state index is 12.9. The van der Waals surface area contributed by atoms with Gasteiger partial charge < -0.3 is 0 Å². The monoisotopic (exact) mass is 260 g/mol. The van der Waals surface area contributed by atoms with Gasteiger partial charge in [-0.25, -0.2) is 9.37 Å². The molecule has 2 nitrogen and oxygen atoms in total. The molecule has 18 heavy (non-hydrogen) atoms. The summed E-state index contributed by atoms with van der Waals surface area (Å²) in [5, 5.41) is 0.453. The summed E-state index contributed by atoms with van der Waals surface area (Å²) in [6.45, 7) is 2.00. The maximum Gasteiger partial charge on any atom is 0.155 e. The summed E-state index contributed by atoms with van der Waals surface area (Å²) in [5.74, 6) is 0.459. The predicted molar refractivity (Wildman–Crippen MR) is 70.3 cm³/mol. The molecule has 0 aliphatic rings. The second-order valence-electron chi connectivity index (χ2n) is 4.19. The van der Waals surface area contributed by atoms with Crippen LogP contribution in [0.3, 0.4) is 0 Å². The summed E-state index contributed by atoms with van der Waals surface area (Å²) in [4.78, 5) is 4.34. The molecular formula is C14H10ClFN2. The van der Waals surface area contributed by atoms with E-state index in [1.807, 2.05) is 29.7 Å². The lowest BCUT2D eigenvalue weighted by Crippen LogP contribution is -1.90. The SMILES string of the molecule is Cc1ccc2c(Cl)nc(-c3ccc(F)cc3)n2c1. The Morgan fingerprint density at radius 1 is 1.11 bits per heavy atom. The number of nitrogens with zero attached hydrogens (tertiary/aromatic N) is 2. The lowest BCUT2D eigenvalue weighted by atomic mass is 10.2. The fraction of sp³-hybridized carbons (Fsp3) is 0.0714. The standard InChI is InChI=1S/C14H10ClFN2/c1-9-2-7-12-13(15)17-14(18(12)8-9)10-3-5-11(16)6-4-10/h2-8H,1H3. The molecule has 3 aromatic rings. The second kappa shape index (κ2) is 4.10. The number of fused-ring (bicyclic) bond motifs is 1. The number of halogens is 2. The van der Waals surface area contributed by atoms with E-state index in [1.54, 1.807) is 12.1 Å². The summed E-state index contributed by atoms with van der Waals surface area (Å²) in [5.41, 5.74) is 2.80. The highest BCUT2D eigenvalue weighted by molar-refractivity contribution is 6.32. The molecule has 3 rings (SSSR count). The first-order valence-electron chi connectivity index (χ1n) is 5.55. The van der Waals surface area contributed by atoms with Crippen LogP contribution in [-0.4, -0.2) is 9.38 Å². The highest BCUT2D eigenvalue weighted by atomic mass is 35.5. The van der Waals surface area contributed by atoms with Crippen LogP contribution in [0.15, 0.2) is 42.6 Å². The highest BCUT2D eigenvalue weighted by Crippen LogP contribution is 2.26. The molecule has 0 bridgehead atoms. The summed E-state index contributed by atoms with van der Waals surface area (Å²) < 4.78 is 14.9. The first-order chi connectivity index (χ1) is 8.65. The van der Waals surface area contributed by atoms with Crippen molar-refractivity contribution in [3.63, 3.8) is 0 Å². The minimum atomic E-state index is -0.262. The number of hydrogen-bond donors (Lipinski definition) is 0. The van der Waals surface area contributed by atoms with E-state index in [0.29, 0.717) is 5.15 Å². The normalized spacial score (nSPS) is 11.1. The van der Waals surface area contributed by atoms with Crippen molar-refractivity contribution >= 4 is 17.1 Å². The smallest absolute Gasteiger partial charge is 0.155 e. The zero-order chi connectivity index (χ0) is 12.7. The molecule has 0 saturated carbocycles. The first kappa shape index (κ1) is 11.2. The molecule has 0 aliphatic heterocycles. The molecule has 0 amide bonds. The third-order valence-electron chi connectivity index (χ3n) is 2.84. The minimum absolute atomic E-state index is 0.262. The lowest BCUT2D eigenvalue weighted by molar-refractivity contribution is 0.628. The third kappa shape index (κ3) is 1.77. The van der Waals surface area contributed by atoms with Gasteiger partial charge in [-0.1, -0.05) is 17.7 Å². The van der Waals surface area contributed by atoms with Gasteiger partial charge in [0, 0.05) is 11.8 Å². The van der Waals surface area contributed by atoms with Crippen LogP contribution in [0.2, 0.25) is 5.15 Å². The molecular weight excluding hydrogens is 251 g/mol. The number of pyridine rings is 1. The average molecular weight is 261 g/mol. The van der Waals surface area contributed by atoms with Gasteiger partial charge in [-0.2, -0.15) is 0 Å². The third-order valence-corrected chi connectivity index (χ3v) is 3.12. The fourth-order valence-electron chi connectivity index (χ4n) is 1.96. The van der Waals surface area contributed by atoms with Crippen molar-refractivity contribution in [2.24, 2.45) is 0 Å². The van der Waals surface area contributed by atoms with E-state index in [9.17, 15) is 4.39 Å². The molecule has 4 heteroatoms. The van der Waals surface area contributed by atoms with Gasteiger partial charge in [0.15, 0.2) is 5.15 Å². The number of hydrogen-bond acceptors (Lipinski definition) is 1. The number of aromatic nitrogens is 2. The van der Waals surface area contributed by atoms with Gasteiger partial charge in [-0.15, -0.1) is 0 Å². The van der Waals surface area contributed by atoms with Crippen LogP contribution < -0.4 is 0 Å². The molecule has 90 valence electrons. The van der Waals surface area contributed by atoms with Crippen LogP contribution in [0.25, 0.3) is 16.9 Å². The van der Waals surface area contributed by atoms with Gasteiger partial charge in [0.2, 0.25) is 0 Å². The van der Waals surface area contributed by atoms with Crippen molar-refractivity contribution in [3.8, 4) is 11.4 Å². The van der Waals surface area contributed by atoms with E-state index in [2.05, 4.69) is 4.98 Å². The van der Waals surface area contributed by atoms with Crippen molar-refractivity contribution in [3.05, 3.63) is 59.1 Å². The van der Waals surface area contributed by atoms with E-state index in [-0.39, 0.29) is 5.82 Å². The quantitative estimate of drug-likeness (QED) is 0.644. The largest absolute Gasteiger partial charge is 0.298 e. The first-order valence-corrected chi connectivity index (χ1v) is 5.93. The van der Waals surface area contributed by atoms with E-state index in [4.69, 9.17) is 11.6 Å². The fourth-order valence-corrected chi connectivity index (χ4v) is 2.19. The molecule has 0 saturated heterocycles. The molecule has 0 aliphatic carbocycles. The van der Waals surface area contributed by atoms with Crippen LogP contribution >= 0.6 is 11.6 Å². The molecule has 1 aromatic carbocycles. The van der Waals surface area contributed by atoms with E-state index >= 15 is 0 Å². The molecule has 0 unspecified atom stereocenters. The van der Waals surface area contributed by atoms with Crippen molar-refractivity contribution in [2.45, 2.75) is 6.92 Å². The van der Waals surface area contributed by atoms with Crippen LogP contribution in [0, 0.1) is 12.7 Å². The zero-order valence-electron chi connectivity index (χ0n) is 9.69. The van der Waals surface area contributed by atoms with E-state index in [1.165, 1.54) is 12.1 Å². The Hall–Kier alpha value is -1.87. The predicted octanol–water partition coefficient (Wildman–Crippen LogP) is 4.10. The van der Waals surface area contributed by atoms with Crippen LogP contribution in [0.4, 0.5) is 4.39 Å². The van der Waals surface area contributed by atoms with Crippen molar-refractivity contribution in [1.82, 2.24) is 9.38 Å². The lowest BCUT2D eigenvalue weighted by Gasteiger charge is -2.02. The summed E-state index contributed by atoms with van der Waals surface area (Å²) in [6.07, 6.45) is 1.97. The molecule has 0 fully saturated rings. The molecule has 2 heterocycles. The Bertz CT molecular complexity index is 716. The van der Waals surface area contributed by atoms with Crippen LogP contribution in [0.1, 0.15) is 5.56 Å². The van der Waals surface area contributed by atoms with Gasteiger partial charge in [0.25, 0.3) is 0 Å². The van der Waals surface area contributed by atoms with Gasteiger partial charge >= 0.3 is 0 Å². The zero-order valence-corrected chi connectivity index (χ0v) is 10.4. The van der Waals surface area contributed by atoms with Gasteiger partial charge in [0.05, 0.1) is 5.52 Å². The van der Waals surface area contributed by atoms with Crippen molar-refractivity contribution in [1.29, 1.82) is 0 Å². The Kier molecular flexibility index (Phi) is 2.56. The summed E-state index contributed by atoms with van der Waals surface area (Å²) in [7, 11) is 0. The number of benzene rings is 1. The van der Waals surface area contributed by atoms with Gasteiger partial charge in [0.1, 0.15) is 11.6 Å². The van der Waals surface area contributed by atoms with Crippen LogP contribution in [0.5, 0.6) is 0 Å². The van der Waals surface area contributed by atoms with Crippen LogP contribution in [-0.2, 0) is 0 Å². The van der Waals surface area contributed by atoms with Crippen molar-refractivity contribution in [2.75, 3.05) is 0 Å². The minimum Gasteiger partial charge on any atom is -0.298 e. The second-order valence-corrected chi connectivity index (χ2v) is 4.55. The number of aryl methyl sites for hydroxylation is 1. The Morgan fingerprint density at radius 2 is 1.83 bits per heavy atom. The molecule has 0 radical (unpaired) electrons. The van der Waals surface area contributed by atoms with Crippen molar-refractivity contribution < 1.29 is 4.39 Å². The molecule has 0 spiro atoms. The number of imidazole rings is 1. The average Bonchev–Trinajstić information content (AvgIpc) is 2.67. The Labute approximate surface area is 109 Å². The molecule has 0 atom stereocenters. The van der Waals surface area contributed by atoms with Gasteiger partial charge in [-0.05, 0) is 42.8 Å². The van der Waals surface area contributed by atoms with E-state index < -0.39 is 0 Å². The summed E-state index contributed by atoms with van der Waals surface area (Å²) >= 11 is 6.11. The molecule has 0 N–H and O–H groups in total. The maximum absolute atomic E-state index is 12.9.